The Labute approximate surface area is 140 Å². The van der Waals surface area contributed by atoms with Gasteiger partial charge in [0.15, 0.2) is 5.82 Å². The maximum atomic E-state index is 9.28. The molecule has 2 heterocycles. The van der Waals surface area contributed by atoms with Gasteiger partial charge >= 0.3 is 0 Å². The summed E-state index contributed by atoms with van der Waals surface area (Å²) in [5, 5.41) is 32.4. The zero-order chi connectivity index (χ0) is 16.2. The van der Waals surface area contributed by atoms with E-state index in [1.54, 1.807) is 46.9 Å². The van der Waals surface area contributed by atoms with Gasteiger partial charge in [0, 0.05) is 7.05 Å². The van der Waals surface area contributed by atoms with Crippen LogP contribution in [0.2, 0.25) is 0 Å². The van der Waals surface area contributed by atoms with Gasteiger partial charge in [-0.25, -0.2) is 4.68 Å². The van der Waals surface area contributed by atoms with E-state index in [0.29, 0.717) is 21.5 Å². The number of rotatable bonds is 5. The van der Waals surface area contributed by atoms with Crippen molar-refractivity contribution in [1.82, 2.24) is 35.1 Å². The van der Waals surface area contributed by atoms with Crippen LogP contribution in [0.25, 0.3) is 0 Å². The van der Waals surface area contributed by atoms with Crippen molar-refractivity contribution in [3.63, 3.8) is 0 Å². The number of H-pyrrole nitrogens is 1. The second-order valence-electron chi connectivity index (χ2n) is 4.47. The first-order valence-electron chi connectivity index (χ1n) is 6.48. The van der Waals surface area contributed by atoms with Gasteiger partial charge in [-0.2, -0.15) is 14.9 Å². The van der Waals surface area contributed by atoms with Crippen LogP contribution in [0.5, 0.6) is 5.75 Å². The number of benzene rings is 1. The van der Waals surface area contributed by atoms with E-state index >= 15 is 0 Å². The van der Waals surface area contributed by atoms with Crippen LogP contribution in [0.4, 0.5) is 0 Å². The molecule has 11 heteroatoms. The van der Waals surface area contributed by atoms with Crippen LogP contribution in [0.15, 0.2) is 34.5 Å². The Balaban J connectivity index is 1.77. The summed E-state index contributed by atoms with van der Waals surface area (Å²) in [6, 6.07) is 6.69. The summed E-state index contributed by atoms with van der Waals surface area (Å²) >= 11 is 6.61. The van der Waals surface area contributed by atoms with Crippen molar-refractivity contribution in [2.24, 2.45) is 12.1 Å². The summed E-state index contributed by atoms with van der Waals surface area (Å²) in [5.41, 5.74) is 0.835. The van der Waals surface area contributed by atoms with Crippen molar-refractivity contribution in [3.8, 4) is 5.75 Å². The van der Waals surface area contributed by atoms with Crippen LogP contribution < -0.4 is 0 Å². The summed E-state index contributed by atoms with van der Waals surface area (Å²) in [6.45, 7) is 0. The van der Waals surface area contributed by atoms with E-state index in [2.05, 4.69) is 30.8 Å². The number of aryl methyl sites for hydroxylation is 1. The normalized spacial score (nSPS) is 11.3. The first-order valence-corrected chi connectivity index (χ1v) is 7.88. The van der Waals surface area contributed by atoms with Crippen molar-refractivity contribution in [2.45, 2.75) is 10.9 Å². The highest BCUT2D eigenvalue weighted by Crippen LogP contribution is 2.18. The van der Waals surface area contributed by atoms with E-state index in [0.717, 1.165) is 5.56 Å². The van der Waals surface area contributed by atoms with Gasteiger partial charge in [0.25, 0.3) is 0 Å². The molecule has 0 aliphatic heterocycles. The summed E-state index contributed by atoms with van der Waals surface area (Å²) in [5.74, 6) is 1.36. The Kier molecular flexibility index (Phi) is 4.48. The smallest absolute Gasteiger partial charge is 0.216 e. The van der Waals surface area contributed by atoms with E-state index < -0.39 is 0 Å². The molecule has 118 valence electrons. The number of aromatic hydroxyl groups is 1. The number of nitrogens with zero attached hydrogens (tertiary/aromatic N) is 7. The average molecular weight is 348 g/mol. The SMILES string of the molecule is Cn1nnnc1SCc1n[nH]c(=S)n1/N=C/c1ccc(O)cc1. The number of nitrogens with one attached hydrogen (secondary N) is 1. The number of hydrogen-bond donors (Lipinski definition) is 2. The molecule has 0 saturated heterocycles. The van der Waals surface area contributed by atoms with E-state index in [1.807, 2.05) is 0 Å². The lowest BCUT2D eigenvalue weighted by Crippen LogP contribution is -1.99. The Hall–Kier alpha value is -2.53. The van der Waals surface area contributed by atoms with Crippen molar-refractivity contribution < 1.29 is 5.11 Å². The molecule has 2 aromatic heterocycles. The zero-order valence-electron chi connectivity index (χ0n) is 12.0. The molecule has 0 spiro atoms. The Morgan fingerprint density at radius 1 is 1.39 bits per heavy atom. The van der Waals surface area contributed by atoms with Gasteiger partial charge in [-0.15, -0.1) is 5.10 Å². The summed E-state index contributed by atoms with van der Waals surface area (Å²) in [7, 11) is 1.77. The third kappa shape index (κ3) is 3.63. The number of tetrazole rings is 1. The minimum absolute atomic E-state index is 0.205. The fourth-order valence-electron chi connectivity index (χ4n) is 1.69. The number of aromatic amines is 1. The van der Waals surface area contributed by atoms with Gasteiger partial charge in [-0.1, -0.05) is 11.8 Å². The number of hydrogen-bond acceptors (Lipinski definition) is 8. The Morgan fingerprint density at radius 3 is 2.87 bits per heavy atom. The van der Waals surface area contributed by atoms with Gasteiger partial charge < -0.3 is 5.11 Å². The second kappa shape index (κ2) is 6.71. The van der Waals surface area contributed by atoms with Crippen LogP contribution >= 0.6 is 24.0 Å². The van der Waals surface area contributed by atoms with Crippen molar-refractivity contribution in [3.05, 3.63) is 40.4 Å². The maximum Gasteiger partial charge on any atom is 0.216 e. The molecule has 0 aliphatic rings. The third-order valence-corrected chi connectivity index (χ3v) is 4.12. The van der Waals surface area contributed by atoms with Crippen LogP contribution in [-0.2, 0) is 12.8 Å². The fourth-order valence-corrected chi connectivity index (χ4v) is 2.65. The first-order chi connectivity index (χ1) is 11.1. The Morgan fingerprint density at radius 2 is 2.17 bits per heavy atom. The van der Waals surface area contributed by atoms with E-state index in [9.17, 15) is 5.11 Å². The van der Waals surface area contributed by atoms with Gasteiger partial charge in [0.05, 0.1) is 12.0 Å². The lowest BCUT2D eigenvalue weighted by molar-refractivity contribution is 0.475. The summed E-state index contributed by atoms with van der Waals surface area (Å²) < 4.78 is 3.52. The van der Waals surface area contributed by atoms with Gasteiger partial charge in [0.1, 0.15) is 5.75 Å². The number of phenolic OH excluding ortho intramolecular Hbond substituents is 1. The predicted octanol–water partition coefficient (Wildman–Crippen LogP) is 1.34. The monoisotopic (exact) mass is 348 g/mol. The molecule has 0 unspecified atom stereocenters. The molecule has 0 saturated carbocycles. The largest absolute Gasteiger partial charge is 0.508 e. The molecule has 9 nitrogen and oxygen atoms in total. The van der Waals surface area contributed by atoms with Gasteiger partial charge in [0.2, 0.25) is 9.93 Å². The predicted molar refractivity (Wildman–Crippen MR) is 86.9 cm³/mol. The summed E-state index contributed by atoms with van der Waals surface area (Å²) in [4.78, 5) is 0. The lowest BCUT2D eigenvalue weighted by Gasteiger charge is -2.00. The topological polar surface area (TPSA) is 110 Å². The fraction of sp³-hybridized carbons (Fsp3) is 0.167. The van der Waals surface area contributed by atoms with Crippen LogP contribution in [0, 0.1) is 4.77 Å². The highest BCUT2D eigenvalue weighted by atomic mass is 32.2. The average Bonchev–Trinajstić information content (AvgIpc) is 3.11. The molecule has 1 aromatic carbocycles. The molecule has 3 aromatic rings. The molecule has 0 fully saturated rings. The molecule has 0 aliphatic carbocycles. The standard InChI is InChI=1S/C12H12N8OS2/c1-19-12(16-17-18-19)23-7-10-14-15-11(22)20(10)13-6-8-2-4-9(21)5-3-8/h2-6,21H,7H2,1H3,(H,15,22)/b13-6+. The molecule has 23 heavy (non-hydrogen) atoms. The number of phenols is 1. The van der Waals surface area contributed by atoms with Crippen LogP contribution in [0.3, 0.4) is 0 Å². The first kappa shape index (κ1) is 15.4. The van der Waals surface area contributed by atoms with Crippen LogP contribution in [0.1, 0.15) is 11.4 Å². The molecule has 0 bridgehead atoms. The van der Waals surface area contributed by atoms with E-state index in [-0.39, 0.29) is 5.75 Å². The van der Waals surface area contributed by atoms with Gasteiger partial charge in [-0.3, -0.25) is 5.10 Å². The van der Waals surface area contributed by atoms with Crippen LogP contribution in [-0.4, -0.2) is 46.4 Å². The van der Waals surface area contributed by atoms with E-state index in [1.165, 1.54) is 11.8 Å². The quantitative estimate of drug-likeness (QED) is 0.407. The number of aromatic nitrogens is 7. The van der Waals surface area contributed by atoms with Gasteiger partial charge in [-0.05, 0) is 52.5 Å². The maximum absolute atomic E-state index is 9.28. The summed E-state index contributed by atoms with van der Waals surface area (Å²) in [6.07, 6.45) is 1.64. The lowest BCUT2D eigenvalue weighted by atomic mass is 10.2. The molecule has 3 rings (SSSR count). The molecule has 0 radical (unpaired) electrons. The molecular formula is C12H12N8OS2. The van der Waals surface area contributed by atoms with Crippen molar-refractivity contribution >= 4 is 30.2 Å². The minimum atomic E-state index is 0.205. The van der Waals surface area contributed by atoms with Crippen molar-refractivity contribution in [2.75, 3.05) is 0 Å². The highest BCUT2D eigenvalue weighted by Gasteiger charge is 2.09. The third-order valence-electron chi connectivity index (χ3n) is 2.84. The van der Waals surface area contributed by atoms with Crippen molar-refractivity contribution in [1.29, 1.82) is 0 Å². The molecule has 2 N–H and O–H groups in total. The zero-order valence-corrected chi connectivity index (χ0v) is 13.6. The van der Waals surface area contributed by atoms with E-state index in [4.69, 9.17) is 12.2 Å². The second-order valence-corrected chi connectivity index (χ2v) is 5.80. The highest BCUT2D eigenvalue weighted by molar-refractivity contribution is 7.98. The number of thioether (sulfide) groups is 1. The Bertz CT molecular complexity index is 879. The minimum Gasteiger partial charge on any atom is -0.508 e. The molecule has 0 atom stereocenters. The molecular weight excluding hydrogens is 336 g/mol. The molecule has 0 amide bonds.